The maximum absolute atomic E-state index is 12.6. The zero-order valence-corrected chi connectivity index (χ0v) is 5.68. The van der Waals surface area contributed by atoms with E-state index in [-0.39, 0.29) is 12.5 Å². The molecular formula is C6H13FN2. The summed E-state index contributed by atoms with van der Waals surface area (Å²) in [5.41, 5.74) is 5.13. The van der Waals surface area contributed by atoms with Crippen molar-refractivity contribution >= 4 is 0 Å². The lowest BCUT2D eigenvalue weighted by molar-refractivity contribution is 0.0639. The normalized spacial score (nSPS) is 25.7. The Balaban J connectivity index is 2.15. The van der Waals surface area contributed by atoms with Crippen molar-refractivity contribution in [2.24, 2.45) is 11.7 Å². The zero-order valence-electron chi connectivity index (χ0n) is 5.68. The van der Waals surface area contributed by atoms with Gasteiger partial charge in [-0.05, 0) is 7.05 Å². The number of likely N-dealkylation sites (tertiary alicyclic amines) is 1. The van der Waals surface area contributed by atoms with E-state index >= 15 is 0 Å². The first kappa shape index (κ1) is 6.96. The van der Waals surface area contributed by atoms with Crippen molar-refractivity contribution in [3.63, 3.8) is 0 Å². The van der Waals surface area contributed by atoms with Gasteiger partial charge in [0.2, 0.25) is 0 Å². The first-order valence-corrected chi connectivity index (χ1v) is 3.26. The fraction of sp³-hybridized carbons (Fsp3) is 1.00. The third-order valence-electron chi connectivity index (χ3n) is 1.83. The van der Waals surface area contributed by atoms with E-state index < -0.39 is 6.17 Å². The first-order chi connectivity index (χ1) is 4.24. The van der Waals surface area contributed by atoms with E-state index in [0.717, 1.165) is 13.1 Å². The SMILES string of the molecule is CN1CC(C(F)CN)C1. The smallest absolute Gasteiger partial charge is 0.118 e. The molecular weight excluding hydrogens is 119 g/mol. The number of rotatable bonds is 2. The van der Waals surface area contributed by atoms with Gasteiger partial charge in [0.1, 0.15) is 6.17 Å². The summed E-state index contributed by atoms with van der Waals surface area (Å²) in [4.78, 5) is 2.09. The zero-order chi connectivity index (χ0) is 6.85. The van der Waals surface area contributed by atoms with Gasteiger partial charge in [-0.1, -0.05) is 0 Å². The highest BCUT2D eigenvalue weighted by Crippen LogP contribution is 2.18. The summed E-state index contributed by atoms with van der Waals surface area (Å²) in [5.74, 6) is 0.208. The number of nitrogens with two attached hydrogens (primary N) is 1. The van der Waals surface area contributed by atoms with Gasteiger partial charge in [0.05, 0.1) is 0 Å². The summed E-state index contributed by atoms with van der Waals surface area (Å²) in [6.45, 7) is 1.93. The van der Waals surface area contributed by atoms with Crippen LogP contribution in [0.1, 0.15) is 0 Å². The van der Waals surface area contributed by atoms with Crippen LogP contribution in [0.15, 0.2) is 0 Å². The summed E-state index contributed by atoms with van der Waals surface area (Å²) in [7, 11) is 1.99. The summed E-state index contributed by atoms with van der Waals surface area (Å²) < 4.78 is 12.6. The molecule has 0 aliphatic carbocycles. The van der Waals surface area contributed by atoms with Crippen LogP contribution in [-0.4, -0.2) is 37.8 Å². The molecule has 54 valence electrons. The number of alkyl halides is 1. The molecule has 9 heavy (non-hydrogen) atoms. The standard InChI is InChI=1S/C6H13FN2/c1-9-3-5(4-9)6(7)2-8/h5-6H,2-4,8H2,1H3. The van der Waals surface area contributed by atoms with Gasteiger partial charge < -0.3 is 10.6 Å². The largest absolute Gasteiger partial charge is 0.328 e. The molecule has 1 fully saturated rings. The Morgan fingerprint density at radius 1 is 1.78 bits per heavy atom. The predicted molar refractivity (Wildman–Crippen MR) is 34.9 cm³/mol. The highest BCUT2D eigenvalue weighted by Gasteiger charge is 2.29. The van der Waals surface area contributed by atoms with Gasteiger partial charge in [-0.2, -0.15) is 0 Å². The Morgan fingerprint density at radius 3 is 2.67 bits per heavy atom. The summed E-state index contributed by atoms with van der Waals surface area (Å²) in [6, 6.07) is 0. The second-order valence-corrected chi connectivity index (χ2v) is 2.73. The molecule has 3 heteroatoms. The molecule has 0 aromatic heterocycles. The topological polar surface area (TPSA) is 29.3 Å². The molecule has 0 aromatic rings. The Hall–Kier alpha value is -0.150. The maximum Gasteiger partial charge on any atom is 0.118 e. The molecule has 0 saturated carbocycles. The van der Waals surface area contributed by atoms with E-state index in [1.54, 1.807) is 0 Å². The van der Waals surface area contributed by atoms with Crippen molar-refractivity contribution in [1.82, 2.24) is 4.90 Å². The van der Waals surface area contributed by atoms with Gasteiger partial charge in [-0.3, -0.25) is 0 Å². The molecule has 1 aliphatic rings. The van der Waals surface area contributed by atoms with Crippen LogP contribution >= 0.6 is 0 Å². The summed E-state index contributed by atoms with van der Waals surface area (Å²) in [5, 5.41) is 0. The van der Waals surface area contributed by atoms with Gasteiger partial charge >= 0.3 is 0 Å². The third-order valence-corrected chi connectivity index (χ3v) is 1.83. The molecule has 1 saturated heterocycles. The lowest BCUT2D eigenvalue weighted by atomic mass is 9.96. The minimum atomic E-state index is -0.777. The minimum Gasteiger partial charge on any atom is -0.328 e. The van der Waals surface area contributed by atoms with Crippen LogP contribution in [0.3, 0.4) is 0 Å². The lowest BCUT2D eigenvalue weighted by Gasteiger charge is -2.37. The highest BCUT2D eigenvalue weighted by atomic mass is 19.1. The van der Waals surface area contributed by atoms with E-state index in [2.05, 4.69) is 4.90 Å². The van der Waals surface area contributed by atoms with Crippen LogP contribution in [0, 0.1) is 5.92 Å². The Kier molecular flexibility index (Phi) is 2.03. The Labute approximate surface area is 54.8 Å². The number of hydrogen-bond acceptors (Lipinski definition) is 2. The second-order valence-electron chi connectivity index (χ2n) is 2.73. The molecule has 0 aromatic carbocycles. The van der Waals surface area contributed by atoms with Crippen LogP contribution in [-0.2, 0) is 0 Å². The monoisotopic (exact) mass is 132 g/mol. The van der Waals surface area contributed by atoms with Crippen LogP contribution in [0.25, 0.3) is 0 Å². The molecule has 0 spiro atoms. The second kappa shape index (κ2) is 2.62. The average Bonchev–Trinajstić information content (AvgIpc) is 1.79. The van der Waals surface area contributed by atoms with E-state index in [4.69, 9.17) is 5.73 Å². The van der Waals surface area contributed by atoms with E-state index in [0.29, 0.717) is 0 Å². The van der Waals surface area contributed by atoms with Crippen LogP contribution in [0.5, 0.6) is 0 Å². The van der Waals surface area contributed by atoms with Crippen molar-refractivity contribution in [1.29, 1.82) is 0 Å². The first-order valence-electron chi connectivity index (χ1n) is 3.26. The Bertz CT molecular complexity index is 91.1. The van der Waals surface area contributed by atoms with Crippen LogP contribution in [0.4, 0.5) is 4.39 Å². The van der Waals surface area contributed by atoms with Crippen LogP contribution in [0.2, 0.25) is 0 Å². The van der Waals surface area contributed by atoms with E-state index in [1.807, 2.05) is 7.05 Å². The molecule has 2 N–H and O–H groups in total. The molecule has 1 heterocycles. The highest BCUT2D eigenvalue weighted by molar-refractivity contribution is 4.83. The molecule has 0 bridgehead atoms. The third kappa shape index (κ3) is 1.40. The number of hydrogen-bond donors (Lipinski definition) is 1. The van der Waals surface area contributed by atoms with Gasteiger partial charge in [0.15, 0.2) is 0 Å². The van der Waals surface area contributed by atoms with Crippen molar-refractivity contribution < 1.29 is 4.39 Å². The fourth-order valence-corrected chi connectivity index (χ4v) is 1.17. The number of nitrogens with zero attached hydrogens (tertiary/aromatic N) is 1. The molecule has 0 amide bonds. The molecule has 0 radical (unpaired) electrons. The van der Waals surface area contributed by atoms with Crippen LogP contribution < -0.4 is 5.73 Å². The van der Waals surface area contributed by atoms with Crippen molar-refractivity contribution in [3.05, 3.63) is 0 Å². The average molecular weight is 132 g/mol. The molecule has 1 unspecified atom stereocenters. The predicted octanol–water partition coefficient (Wildman–Crippen LogP) is -0.155. The molecule has 1 rings (SSSR count). The van der Waals surface area contributed by atoms with Crippen molar-refractivity contribution in [2.45, 2.75) is 6.17 Å². The maximum atomic E-state index is 12.6. The van der Waals surface area contributed by atoms with Gasteiger partial charge in [0, 0.05) is 25.6 Å². The van der Waals surface area contributed by atoms with Crippen molar-refractivity contribution in [2.75, 3.05) is 26.7 Å². The van der Waals surface area contributed by atoms with Gasteiger partial charge in [0.25, 0.3) is 0 Å². The quantitative estimate of drug-likeness (QED) is 0.566. The molecule has 1 atom stereocenters. The van der Waals surface area contributed by atoms with Crippen molar-refractivity contribution in [3.8, 4) is 0 Å². The Morgan fingerprint density at radius 2 is 2.33 bits per heavy atom. The van der Waals surface area contributed by atoms with E-state index in [1.165, 1.54) is 0 Å². The number of halogens is 1. The van der Waals surface area contributed by atoms with E-state index in [9.17, 15) is 4.39 Å². The minimum absolute atomic E-state index is 0.179. The van der Waals surface area contributed by atoms with Gasteiger partial charge in [-0.25, -0.2) is 4.39 Å². The lowest BCUT2D eigenvalue weighted by Crippen LogP contribution is -2.50. The summed E-state index contributed by atoms with van der Waals surface area (Å²) in [6.07, 6.45) is -0.777. The molecule has 1 aliphatic heterocycles. The van der Waals surface area contributed by atoms with Gasteiger partial charge in [-0.15, -0.1) is 0 Å². The summed E-state index contributed by atoms with van der Waals surface area (Å²) >= 11 is 0. The molecule has 2 nitrogen and oxygen atoms in total. The fourth-order valence-electron chi connectivity index (χ4n) is 1.17.